The fourth-order valence-corrected chi connectivity index (χ4v) is 1.17. The van der Waals surface area contributed by atoms with Crippen LogP contribution in [0.3, 0.4) is 0 Å². The van der Waals surface area contributed by atoms with E-state index in [-0.39, 0.29) is 12.6 Å². The lowest BCUT2D eigenvalue weighted by molar-refractivity contribution is -0.146. The van der Waals surface area contributed by atoms with E-state index in [1.165, 1.54) is 7.11 Å². The highest BCUT2D eigenvalue weighted by Gasteiger charge is 1.98. The van der Waals surface area contributed by atoms with Gasteiger partial charge in [0.05, 0.1) is 26.9 Å². The van der Waals surface area contributed by atoms with Gasteiger partial charge in [-0.05, 0) is 12.1 Å². The molecule has 100 valence electrons. The van der Waals surface area contributed by atoms with Gasteiger partial charge in [-0.15, -0.1) is 0 Å². The molecule has 1 aromatic rings. The predicted octanol–water partition coefficient (Wildman–Crippen LogP) is 1.27. The summed E-state index contributed by atoms with van der Waals surface area (Å²) < 4.78 is 20.1. The number of carbonyl (C=O) groups is 1. The molecule has 0 N–H and O–H groups in total. The van der Waals surface area contributed by atoms with Gasteiger partial charge in [0.25, 0.3) is 0 Å². The van der Waals surface area contributed by atoms with E-state index in [0.717, 1.165) is 5.75 Å². The quantitative estimate of drug-likeness (QED) is 0.490. The molecule has 0 saturated heterocycles. The number of esters is 1. The van der Waals surface area contributed by atoms with Gasteiger partial charge in [0.1, 0.15) is 19.0 Å². The van der Waals surface area contributed by atoms with Crippen LogP contribution in [0.1, 0.15) is 0 Å². The molecular formula is C13H18O5. The van der Waals surface area contributed by atoms with Crippen LogP contribution in [-0.2, 0) is 19.0 Å². The molecule has 0 aromatic heterocycles. The summed E-state index contributed by atoms with van der Waals surface area (Å²) in [6.07, 6.45) is 0. The van der Waals surface area contributed by atoms with Gasteiger partial charge >= 0.3 is 5.97 Å². The van der Waals surface area contributed by atoms with Crippen LogP contribution in [0.15, 0.2) is 30.3 Å². The van der Waals surface area contributed by atoms with Crippen LogP contribution >= 0.6 is 0 Å². The van der Waals surface area contributed by atoms with Gasteiger partial charge in [-0.3, -0.25) is 0 Å². The highest BCUT2D eigenvalue weighted by atomic mass is 16.6. The highest BCUT2D eigenvalue weighted by Crippen LogP contribution is 2.07. The first kappa shape index (κ1) is 14.5. The predicted molar refractivity (Wildman–Crippen MR) is 65.6 cm³/mol. The number of methoxy groups -OCH3 is 1. The van der Waals surface area contributed by atoms with Crippen LogP contribution in [0.25, 0.3) is 0 Å². The second kappa shape index (κ2) is 9.44. The topological polar surface area (TPSA) is 54.0 Å². The Labute approximate surface area is 107 Å². The zero-order chi connectivity index (χ0) is 13.1. The van der Waals surface area contributed by atoms with Crippen molar-refractivity contribution in [3.05, 3.63) is 30.3 Å². The fraction of sp³-hybridized carbons (Fsp3) is 0.462. The van der Waals surface area contributed by atoms with E-state index in [9.17, 15) is 4.79 Å². The average molecular weight is 254 g/mol. The Kier molecular flexibility index (Phi) is 7.59. The van der Waals surface area contributed by atoms with Crippen LogP contribution in [0, 0.1) is 0 Å². The monoisotopic (exact) mass is 254 g/mol. The maximum Gasteiger partial charge on any atom is 0.331 e. The molecule has 5 heteroatoms. The maximum atomic E-state index is 10.7. The van der Waals surface area contributed by atoms with Crippen molar-refractivity contribution in [1.29, 1.82) is 0 Å². The second-order valence-corrected chi connectivity index (χ2v) is 3.40. The number of carbonyl (C=O) groups excluding carboxylic acids is 1. The molecule has 1 rings (SSSR count). The summed E-state index contributed by atoms with van der Waals surface area (Å²) >= 11 is 0. The van der Waals surface area contributed by atoms with E-state index in [4.69, 9.17) is 14.2 Å². The Balaban J connectivity index is 1.89. The van der Waals surface area contributed by atoms with Crippen LogP contribution in [0.4, 0.5) is 0 Å². The largest absolute Gasteiger partial charge is 0.491 e. The average Bonchev–Trinajstić information content (AvgIpc) is 2.42. The fourth-order valence-electron chi connectivity index (χ4n) is 1.17. The summed E-state index contributed by atoms with van der Waals surface area (Å²) in [5.41, 5.74) is 0. The Bertz CT molecular complexity index is 325. The van der Waals surface area contributed by atoms with Gasteiger partial charge in [0, 0.05) is 0 Å². The lowest BCUT2D eigenvalue weighted by atomic mass is 10.3. The van der Waals surface area contributed by atoms with Crippen LogP contribution < -0.4 is 4.74 Å². The Morgan fingerprint density at radius 1 is 1.00 bits per heavy atom. The number of ether oxygens (including phenoxy) is 4. The summed E-state index contributed by atoms with van der Waals surface area (Å²) in [6, 6.07) is 9.54. The van der Waals surface area contributed by atoms with Gasteiger partial charge in [0.2, 0.25) is 0 Å². The Hall–Kier alpha value is -1.59. The van der Waals surface area contributed by atoms with E-state index in [1.54, 1.807) is 0 Å². The first-order valence-corrected chi connectivity index (χ1v) is 5.73. The molecule has 0 aliphatic heterocycles. The molecular weight excluding hydrogens is 236 g/mol. The first-order valence-electron chi connectivity index (χ1n) is 5.73. The normalized spacial score (nSPS) is 10.1. The van der Waals surface area contributed by atoms with Gasteiger partial charge in [-0.1, -0.05) is 18.2 Å². The van der Waals surface area contributed by atoms with Crippen molar-refractivity contribution in [2.75, 3.05) is 40.1 Å². The molecule has 0 spiro atoms. The molecule has 0 heterocycles. The van der Waals surface area contributed by atoms with E-state index >= 15 is 0 Å². The van der Waals surface area contributed by atoms with Gasteiger partial charge < -0.3 is 18.9 Å². The third kappa shape index (κ3) is 6.88. The highest BCUT2D eigenvalue weighted by molar-refractivity contribution is 5.70. The number of benzene rings is 1. The summed E-state index contributed by atoms with van der Waals surface area (Å²) in [4.78, 5) is 10.7. The molecule has 0 fully saturated rings. The number of rotatable bonds is 9. The zero-order valence-corrected chi connectivity index (χ0v) is 10.5. The summed E-state index contributed by atoms with van der Waals surface area (Å²) in [5.74, 6) is 0.436. The molecule has 0 atom stereocenters. The minimum atomic E-state index is -0.387. The molecule has 0 amide bonds. The Morgan fingerprint density at radius 2 is 1.67 bits per heavy atom. The van der Waals surface area contributed by atoms with Gasteiger partial charge in [0.15, 0.2) is 0 Å². The van der Waals surface area contributed by atoms with Crippen LogP contribution in [0.5, 0.6) is 5.75 Å². The molecule has 5 nitrogen and oxygen atoms in total. The van der Waals surface area contributed by atoms with E-state index in [0.29, 0.717) is 26.4 Å². The lowest BCUT2D eigenvalue weighted by Gasteiger charge is -2.07. The van der Waals surface area contributed by atoms with E-state index < -0.39 is 0 Å². The molecule has 0 radical (unpaired) electrons. The lowest BCUT2D eigenvalue weighted by Crippen LogP contribution is -2.15. The van der Waals surface area contributed by atoms with Crippen molar-refractivity contribution in [2.24, 2.45) is 0 Å². The van der Waals surface area contributed by atoms with Crippen LogP contribution in [0.2, 0.25) is 0 Å². The SMILES string of the molecule is COC(=O)COCCOCCOc1ccccc1. The van der Waals surface area contributed by atoms with Crippen molar-refractivity contribution < 1.29 is 23.7 Å². The minimum Gasteiger partial charge on any atom is -0.491 e. The minimum absolute atomic E-state index is 0.0413. The van der Waals surface area contributed by atoms with Crippen molar-refractivity contribution in [3.8, 4) is 5.75 Å². The number of para-hydroxylation sites is 1. The molecule has 18 heavy (non-hydrogen) atoms. The first-order chi connectivity index (χ1) is 8.83. The second-order valence-electron chi connectivity index (χ2n) is 3.40. The molecule has 0 aliphatic carbocycles. The molecule has 0 saturated carbocycles. The molecule has 0 aliphatic rings. The van der Waals surface area contributed by atoms with Gasteiger partial charge in [-0.2, -0.15) is 0 Å². The Morgan fingerprint density at radius 3 is 2.39 bits per heavy atom. The van der Waals surface area contributed by atoms with Crippen molar-refractivity contribution in [1.82, 2.24) is 0 Å². The molecule has 1 aromatic carbocycles. The maximum absolute atomic E-state index is 10.7. The third-order valence-corrected chi connectivity index (χ3v) is 2.06. The van der Waals surface area contributed by atoms with Crippen molar-refractivity contribution >= 4 is 5.97 Å². The van der Waals surface area contributed by atoms with Crippen molar-refractivity contribution in [3.63, 3.8) is 0 Å². The molecule has 0 unspecified atom stereocenters. The van der Waals surface area contributed by atoms with Gasteiger partial charge in [-0.25, -0.2) is 4.79 Å². The number of hydrogen-bond acceptors (Lipinski definition) is 5. The summed E-state index contributed by atoms with van der Waals surface area (Å²) in [5, 5.41) is 0. The smallest absolute Gasteiger partial charge is 0.331 e. The zero-order valence-electron chi connectivity index (χ0n) is 10.5. The summed E-state index contributed by atoms with van der Waals surface area (Å²) in [7, 11) is 1.32. The van der Waals surface area contributed by atoms with Crippen molar-refractivity contribution in [2.45, 2.75) is 0 Å². The third-order valence-electron chi connectivity index (χ3n) is 2.06. The van der Waals surface area contributed by atoms with E-state index in [1.807, 2.05) is 30.3 Å². The standard InChI is InChI=1S/C13H18O5/c1-15-13(14)11-17-8-7-16-9-10-18-12-5-3-2-4-6-12/h2-6H,7-11H2,1H3. The summed E-state index contributed by atoms with van der Waals surface area (Å²) in [6.45, 7) is 1.72. The molecule has 0 bridgehead atoms. The number of hydrogen-bond donors (Lipinski definition) is 0. The van der Waals surface area contributed by atoms with E-state index in [2.05, 4.69) is 4.74 Å². The van der Waals surface area contributed by atoms with Crippen LogP contribution in [-0.4, -0.2) is 46.1 Å².